The van der Waals surface area contributed by atoms with Crippen LogP contribution in [0.3, 0.4) is 0 Å². The Morgan fingerprint density at radius 1 is 0.897 bits per heavy atom. The first kappa shape index (κ1) is 33.3. The normalized spacial score (nSPS) is 13.5. The maximum atomic E-state index is 12.3. The number of hydrogen-bond donors (Lipinski definition) is 2. The molecule has 0 fully saturated rings. The van der Waals surface area contributed by atoms with Crippen molar-refractivity contribution in [2.75, 3.05) is 6.54 Å². The van der Waals surface area contributed by atoms with Gasteiger partial charge in [-0.15, -0.1) is 0 Å². The first-order valence-corrected chi connectivity index (χ1v) is 13.9. The molecular weight excluding hydrogens is 490 g/mol. The van der Waals surface area contributed by atoms with Gasteiger partial charge in [0, 0.05) is 18.8 Å². The van der Waals surface area contributed by atoms with Crippen molar-refractivity contribution in [1.82, 2.24) is 15.6 Å². The highest BCUT2D eigenvalue weighted by Crippen LogP contribution is 2.02. The van der Waals surface area contributed by atoms with Crippen LogP contribution in [0.4, 0.5) is 0 Å². The fourth-order valence-corrected chi connectivity index (χ4v) is 3.30. The Balaban J connectivity index is 2.10. The number of esters is 1. The molecular formula is C32H45N3O4. The van der Waals surface area contributed by atoms with Crippen molar-refractivity contribution in [3.8, 4) is 0 Å². The van der Waals surface area contributed by atoms with E-state index in [9.17, 15) is 14.4 Å². The molecule has 0 unspecified atom stereocenters. The molecule has 7 heteroatoms. The van der Waals surface area contributed by atoms with Gasteiger partial charge in [-0.3, -0.25) is 14.6 Å². The minimum Gasteiger partial charge on any atom is -0.459 e. The van der Waals surface area contributed by atoms with E-state index in [4.69, 9.17) is 4.74 Å². The lowest BCUT2D eigenvalue weighted by Gasteiger charge is -2.18. The summed E-state index contributed by atoms with van der Waals surface area (Å²) in [6, 6.07) is 2.56. The van der Waals surface area contributed by atoms with Crippen molar-refractivity contribution in [2.24, 2.45) is 0 Å². The van der Waals surface area contributed by atoms with E-state index in [1.165, 1.54) is 6.20 Å². The number of rotatable bonds is 19. The monoisotopic (exact) mass is 535 g/mol. The maximum Gasteiger partial charge on any atom is 0.328 e. The SMILES string of the molecule is CC/C=C\C/C=C\C/C=C\C/C=C\C/C=C\CCCC(=O)N[C@H](C)C(=O)O[C@@H](C)CNC(=O)c1cccnc1. The molecule has 0 aliphatic heterocycles. The van der Waals surface area contributed by atoms with Crippen LogP contribution >= 0.6 is 0 Å². The number of nitrogens with zero attached hydrogens (tertiary/aromatic N) is 1. The fourth-order valence-electron chi connectivity index (χ4n) is 3.30. The minimum atomic E-state index is -0.761. The summed E-state index contributed by atoms with van der Waals surface area (Å²) >= 11 is 0. The molecule has 0 aliphatic rings. The van der Waals surface area contributed by atoms with Crippen LogP contribution in [0, 0.1) is 0 Å². The van der Waals surface area contributed by atoms with E-state index in [-0.39, 0.29) is 18.4 Å². The summed E-state index contributed by atoms with van der Waals surface area (Å²) in [4.78, 5) is 40.3. The van der Waals surface area contributed by atoms with E-state index in [1.807, 2.05) is 0 Å². The number of pyridine rings is 1. The summed E-state index contributed by atoms with van der Waals surface area (Å²) in [6.07, 6.45) is 30.8. The maximum absolute atomic E-state index is 12.3. The summed E-state index contributed by atoms with van der Waals surface area (Å²) in [6.45, 7) is 5.57. The molecule has 1 heterocycles. The van der Waals surface area contributed by atoms with Crippen molar-refractivity contribution >= 4 is 17.8 Å². The molecule has 7 nitrogen and oxygen atoms in total. The first-order valence-electron chi connectivity index (χ1n) is 13.9. The second kappa shape index (κ2) is 22.3. The third-order valence-electron chi connectivity index (χ3n) is 5.45. The molecule has 0 spiro atoms. The Morgan fingerprint density at radius 3 is 2.05 bits per heavy atom. The number of carbonyl (C=O) groups excluding carboxylic acids is 3. The van der Waals surface area contributed by atoms with Gasteiger partial charge in [-0.05, 0) is 70.9 Å². The lowest BCUT2D eigenvalue weighted by Crippen LogP contribution is -2.42. The van der Waals surface area contributed by atoms with Crippen LogP contribution in [0.2, 0.25) is 0 Å². The zero-order valence-electron chi connectivity index (χ0n) is 23.7. The molecule has 0 bridgehead atoms. The van der Waals surface area contributed by atoms with Gasteiger partial charge >= 0.3 is 5.97 Å². The molecule has 212 valence electrons. The van der Waals surface area contributed by atoms with Crippen molar-refractivity contribution in [3.63, 3.8) is 0 Å². The van der Waals surface area contributed by atoms with Crippen molar-refractivity contribution in [3.05, 3.63) is 90.9 Å². The Hall–Kier alpha value is -3.74. The van der Waals surface area contributed by atoms with Gasteiger partial charge in [0.2, 0.25) is 5.91 Å². The largest absolute Gasteiger partial charge is 0.459 e. The highest BCUT2D eigenvalue weighted by Gasteiger charge is 2.19. The van der Waals surface area contributed by atoms with Crippen molar-refractivity contribution < 1.29 is 19.1 Å². The Kier molecular flexibility index (Phi) is 19.0. The summed E-state index contributed by atoms with van der Waals surface area (Å²) in [5.74, 6) is -1.02. The molecule has 0 aromatic carbocycles. The van der Waals surface area contributed by atoms with Crippen molar-refractivity contribution in [1.29, 1.82) is 0 Å². The average Bonchev–Trinajstić information content (AvgIpc) is 2.93. The van der Waals surface area contributed by atoms with Gasteiger partial charge in [-0.25, -0.2) is 4.79 Å². The van der Waals surface area contributed by atoms with Gasteiger partial charge in [-0.1, -0.05) is 67.7 Å². The molecule has 2 amide bonds. The van der Waals surface area contributed by atoms with Crippen LogP contribution in [0.5, 0.6) is 0 Å². The molecule has 39 heavy (non-hydrogen) atoms. The lowest BCUT2D eigenvalue weighted by molar-refractivity contribution is -0.151. The molecule has 0 saturated heterocycles. The summed E-state index contributed by atoms with van der Waals surface area (Å²) in [7, 11) is 0. The number of ether oxygens (including phenoxy) is 1. The first-order chi connectivity index (χ1) is 18.9. The predicted octanol–water partition coefficient (Wildman–Crippen LogP) is 6.17. The molecule has 1 aromatic rings. The van der Waals surface area contributed by atoms with Gasteiger partial charge in [0.05, 0.1) is 12.1 Å². The van der Waals surface area contributed by atoms with Crippen LogP contribution in [-0.2, 0) is 14.3 Å². The highest BCUT2D eigenvalue weighted by atomic mass is 16.5. The van der Waals surface area contributed by atoms with E-state index in [0.29, 0.717) is 18.4 Å². The van der Waals surface area contributed by atoms with Gasteiger partial charge in [0.15, 0.2) is 0 Å². The van der Waals surface area contributed by atoms with Crippen LogP contribution < -0.4 is 10.6 Å². The summed E-state index contributed by atoms with van der Waals surface area (Å²) in [5.41, 5.74) is 0.432. The zero-order chi connectivity index (χ0) is 28.6. The molecule has 0 saturated carbocycles. The number of carbonyl (C=O) groups is 3. The Morgan fingerprint density at radius 2 is 1.49 bits per heavy atom. The van der Waals surface area contributed by atoms with E-state index in [2.05, 4.69) is 83.3 Å². The lowest BCUT2D eigenvalue weighted by atomic mass is 10.2. The van der Waals surface area contributed by atoms with Crippen LogP contribution in [-0.4, -0.2) is 41.5 Å². The molecule has 2 N–H and O–H groups in total. The van der Waals surface area contributed by atoms with E-state index in [1.54, 1.807) is 32.2 Å². The molecule has 0 radical (unpaired) electrons. The van der Waals surface area contributed by atoms with Crippen molar-refractivity contribution in [2.45, 2.75) is 84.3 Å². The number of unbranched alkanes of at least 4 members (excludes halogenated alkanes) is 1. The second-order valence-corrected chi connectivity index (χ2v) is 9.09. The standard InChI is InChI=1S/C32H45N3O4/c1-4-5-6-7-8-9-10-11-12-13-14-15-16-17-18-19-20-23-30(36)35-28(3)32(38)39-27(2)25-34-31(37)29-22-21-24-33-26-29/h5-6,8-9,11-12,14-15,17-18,21-22,24,26-28H,4,7,10,13,16,19-20,23,25H2,1-3H3,(H,34,37)(H,35,36)/b6-5-,9-8-,12-11-,15-14-,18-17-/t27-,28+/m0/s1. The average molecular weight is 536 g/mol. The number of hydrogen-bond acceptors (Lipinski definition) is 5. The quantitative estimate of drug-likeness (QED) is 0.125. The number of amides is 2. The van der Waals surface area contributed by atoms with Crippen LogP contribution in [0.25, 0.3) is 0 Å². The topological polar surface area (TPSA) is 97.4 Å². The summed E-state index contributed by atoms with van der Waals surface area (Å²) < 4.78 is 5.33. The van der Waals surface area contributed by atoms with Crippen LogP contribution in [0.15, 0.2) is 85.3 Å². The molecule has 2 atom stereocenters. The van der Waals surface area contributed by atoms with E-state index >= 15 is 0 Å². The fraction of sp³-hybridized carbons (Fsp3) is 0.438. The molecule has 1 aromatic heterocycles. The predicted molar refractivity (Wildman–Crippen MR) is 158 cm³/mol. The van der Waals surface area contributed by atoms with Gasteiger partial charge in [0.1, 0.15) is 12.1 Å². The molecule has 0 aliphatic carbocycles. The third kappa shape index (κ3) is 18.2. The van der Waals surface area contributed by atoms with E-state index in [0.717, 1.165) is 38.5 Å². The Bertz CT molecular complexity index is 980. The van der Waals surface area contributed by atoms with Gasteiger partial charge in [0.25, 0.3) is 5.91 Å². The van der Waals surface area contributed by atoms with Crippen LogP contribution in [0.1, 0.15) is 82.5 Å². The van der Waals surface area contributed by atoms with E-state index < -0.39 is 18.1 Å². The highest BCUT2D eigenvalue weighted by molar-refractivity contribution is 5.93. The molecule has 1 rings (SSSR count). The van der Waals surface area contributed by atoms with Gasteiger partial charge in [-0.2, -0.15) is 0 Å². The minimum absolute atomic E-state index is 0.160. The summed E-state index contributed by atoms with van der Waals surface area (Å²) in [5, 5.41) is 5.37. The Labute approximate surface area is 234 Å². The zero-order valence-corrected chi connectivity index (χ0v) is 23.7. The smallest absolute Gasteiger partial charge is 0.328 e. The number of allylic oxidation sites excluding steroid dienone is 10. The number of nitrogens with one attached hydrogen (secondary N) is 2. The second-order valence-electron chi connectivity index (χ2n) is 9.09. The third-order valence-corrected chi connectivity index (χ3v) is 5.45. The number of aromatic nitrogens is 1. The van der Waals surface area contributed by atoms with Gasteiger partial charge < -0.3 is 15.4 Å².